The maximum Gasteiger partial charge on any atom is 0.277 e. The molecule has 0 spiro atoms. The molecule has 0 radical (unpaired) electrons. The summed E-state index contributed by atoms with van der Waals surface area (Å²) in [5.41, 5.74) is 1.44. The standard InChI is InChI=1S/C26H31N5O5S/c1-5-10-22-27-16(3)23-26(33)28-25(29-31(22)23)20-15-19(13-14-21(20)36-6-2)37(34,35)30-17(4)24(32)18-11-8-7-9-12-18/h7-9,11-15,17,24,30,32H,5-6,10H2,1-4H3,(H,28,29,33)/t17-,24-/m0/s1. The first-order valence-electron chi connectivity index (χ1n) is 12.2. The number of nitrogens with one attached hydrogen (secondary N) is 2. The van der Waals surface area contributed by atoms with Crippen molar-refractivity contribution in [2.24, 2.45) is 0 Å². The third-order valence-electron chi connectivity index (χ3n) is 5.99. The fraction of sp³-hybridized carbons (Fsp3) is 0.346. The van der Waals surface area contributed by atoms with E-state index in [-0.39, 0.29) is 16.3 Å². The van der Waals surface area contributed by atoms with E-state index >= 15 is 0 Å². The van der Waals surface area contributed by atoms with Crippen LogP contribution in [0.2, 0.25) is 0 Å². The second-order valence-electron chi connectivity index (χ2n) is 8.78. The predicted molar refractivity (Wildman–Crippen MR) is 140 cm³/mol. The molecule has 0 aliphatic heterocycles. The summed E-state index contributed by atoms with van der Waals surface area (Å²) in [7, 11) is -4.04. The Hall–Kier alpha value is -3.54. The number of benzene rings is 2. The number of H-pyrrole nitrogens is 1. The lowest BCUT2D eigenvalue weighted by Gasteiger charge is -2.21. The minimum Gasteiger partial charge on any atom is -0.493 e. The van der Waals surface area contributed by atoms with E-state index < -0.39 is 22.2 Å². The van der Waals surface area contributed by atoms with Gasteiger partial charge in [0.05, 0.1) is 28.9 Å². The Morgan fingerprint density at radius 1 is 1.16 bits per heavy atom. The van der Waals surface area contributed by atoms with Crippen molar-refractivity contribution in [2.75, 3.05) is 6.61 Å². The zero-order valence-electron chi connectivity index (χ0n) is 21.2. The van der Waals surface area contributed by atoms with Crippen LogP contribution in [0.3, 0.4) is 0 Å². The Morgan fingerprint density at radius 2 is 1.89 bits per heavy atom. The molecule has 0 amide bonds. The minimum atomic E-state index is -4.04. The lowest BCUT2D eigenvalue weighted by atomic mass is 10.0. The number of fused-ring (bicyclic) bond motifs is 1. The summed E-state index contributed by atoms with van der Waals surface area (Å²) in [4.78, 5) is 20.1. The molecule has 0 aliphatic carbocycles. The average Bonchev–Trinajstić information content (AvgIpc) is 3.19. The highest BCUT2D eigenvalue weighted by molar-refractivity contribution is 7.89. The summed E-state index contributed by atoms with van der Waals surface area (Å²) in [5.74, 6) is 1.18. The SMILES string of the molecule is CCCc1nc(C)c2c(=O)[nH]c(-c3cc(S(=O)(=O)N[C@@H](C)[C@H](O)c4ccccc4)ccc3OCC)nn12. The highest BCUT2D eigenvalue weighted by Gasteiger charge is 2.25. The number of aromatic amines is 1. The maximum atomic E-state index is 13.3. The van der Waals surface area contributed by atoms with Gasteiger partial charge >= 0.3 is 0 Å². The number of ether oxygens (including phenoxy) is 1. The highest BCUT2D eigenvalue weighted by atomic mass is 32.2. The van der Waals surface area contributed by atoms with Gasteiger partial charge in [-0.3, -0.25) is 4.79 Å². The van der Waals surface area contributed by atoms with Gasteiger partial charge in [0.25, 0.3) is 5.56 Å². The number of aryl methyl sites for hydroxylation is 2. The molecule has 196 valence electrons. The van der Waals surface area contributed by atoms with Crippen LogP contribution in [-0.4, -0.2) is 45.8 Å². The fourth-order valence-electron chi connectivity index (χ4n) is 4.20. The van der Waals surface area contributed by atoms with E-state index in [9.17, 15) is 18.3 Å². The number of aromatic nitrogens is 4. The zero-order chi connectivity index (χ0) is 26.7. The predicted octanol–water partition coefficient (Wildman–Crippen LogP) is 3.14. The molecule has 0 fully saturated rings. The first-order valence-corrected chi connectivity index (χ1v) is 13.7. The summed E-state index contributed by atoms with van der Waals surface area (Å²) in [6, 6.07) is 12.4. The quantitative estimate of drug-likeness (QED) is 0.289. The molecular formula is C26H31N5O5S. The fourth-order valence-corrected chi connectivity index (χ4v) is 5.48. The smallest absolute Gasteiger partial charge is 0.277 e. The molecule has 0 saturated carbocycles. The van der Waals surface area contributed by atoms with Crippen LogP contribution in [0.15, 0.2) is 58.2 Å². The van der Waals surface area contributed by atoms with Crippen molar-refractivity contribution in [1.82, 2.24) is 24.3 Å². The molecule has 37 heavy (non-hydrogen) atoms. The van der Waals surface area contributed by atoms with Crippen molar-refractivity contribution in [3.8, 4) is 17.1 Å². The van der Waals surface area contributed by atoms with Gasteiger partial charge in [-0.2, -0.15) is 0 Å². The molecule has 2 aromatic carbocycles. The average molecular weight is 526 g/mol. The number of aliphatic hydroxyl groups excluding tert-OH is 1. The van der Waals surface area contributed by atoms with Crippen molar-refractivity contribution in [2.45, 2.75) is 57.6 Å². The first kappa shape index (κ1) is 26.5. The van der Waals surface area contributed by atoms with Crippen molar-refractivity contribution >= 4 is 15.5 Å². The van der Waals surface area contributed by atoms with E-state index in [1.807, 2.05) is 13.0 Å². The summed E-state index contributed by atoms with van der Waals surface area (Å²) in [6.07, 6.45) is 0.405. The number of imidazole rings is 1. The molecule has 2 atom stereocenters. The monoisotopic (exact) mass is 525 g/mol. The maximum absolute atomic E-state index is 13.3. The molecule has 2 heterocycles. The van der Waals surface area contributed by atoms with Gasteiger partial charge in [-0.25, -0.2) is 22.6 Å². The third-order valence-corrected chi connectivity index (χ3v) is 7.55. The molecular weight excluding hydrogens is 494 g/mol. The van der Waals surface area contributed by atoms with Gasteiger partial charge in [-0.15, -0.1) is 5.10 Å². The van der Waals surface area contributed by atoms with Gasteiger partial charge in [-0.1, -0.05) is 37.3 Å². The number of aliphatic hydroxyl groups is 1. The van der Waals surface area contributed by atoms with Crippen molar-refractivity contribution in [3.05, 3.63) is 76.0 Å². The van der Waals surface area contributed by atoms with Gasteiger partial charge in [0.1, 0.15) is 11.6 Å². The molecule has 0 aliphatic rings. The number of rotatable bonds is 10. The van der Waals surface area contributed by atoms with Gasteiger partial charge in [0.2, 0.25) is 10.0 Å². The first-order chi connectivity index (χ1) is 17.7. The summed E-state index contributed by atoms with van der Waals surface area (Å²) in [5, 5.41) is 15.2. The van der Waals surface area contributed by atoms with E-state index in [0.29, 0.717) is 46.9 Å². The van der Waals surface area contributed by atoms with Crippen LogP contribution >= 0.6 is 0 Å². The third kappa shape index (κ3) is 5.43. The van der Waals surface area contributed by atoms with Crippen LogP contribution in [0.25, 0.3) is 16.9 Å². The number of hydrogen-bond donors (Lipinski definition) is 3. The van der Waals surface area contributed by atoms with Crippen LogP contribution in [0.1, 0.15) is 50.4 Å². The number of hydrogen-bond acceptors (Lipinski definition) is 7. The summed E-state index contributed by atoms with van der Waals surface area (Å²) < 4.78 is 36.4. The zero-order valence-corrected chi connectivity index (χ0v) is 22.0. The normalized spacial score (nSPS) is 13.5. The largest absolute Gasteiger partial charge is 0.493 e. The van der Waals surface area contributed by atoms with E-state index in [1.165, 1.54) is 22.7 Å². The Balaban J connectivity index is 1.76. The van der Waals surface area contributed by atoms with Crippen LogP contribution in [0.4, 0.5) is 0 Å². The van der Waals surface area contributed by atoms with Crippen molar-refractivity contribution in [1.29, 1.82) is 0 Å². The van der Waals surface area contributed by atoms with Crippen LogP contribution < -0.4 is 15.0 Å². The van der Waals surface area contributed by atoms with Gasteiger partial charge in [0.15, 0.2) is 11.3 Å². The van der Waals surface area contributed by atoms with E-state index in [1.54, 1.807) is 45.0 Å². The van der Waals surface area contributed by atoms with Crippen LogP contribution in [0.5, 0.6) is 5.75 Å². The molecule has 4 rings (SSSR count). The lowest BCUT2D eigenvalue weighted by Crippen LogP contribution is -2.37. The van der Waals surface area contributed by atoms with Gasteiger partial charge in [0, 0.05) is 12.5 Å². The second kappa shape index (κ2) is 10.8. The summed E-state index contributed by atoms with van der Waals surface area (Å²) in [6.45, 7) is 7.49. The topological polar surface area (TPSA) is 139 Å². The van der Waals surface area contributed by atoms with Crippen molar-refractivity contribution in [3.63, 3.8) is 0 Å². The van der Waals surface area contributed by atoms with Crippen LogP contribution in [0, 0.1) is 6.92 Å². The number of nitrogens with zero attached hydrogens (tertiary/aromatic N) is 3. The molecule has 10 nitrogen and oxygen atoms in total. The summed E-state index contributed by atoms with van der Waals surface area (Å²) >= 11 is 0. The number of sulfonamides is 1. The molecule has 2 aromatic heterocycles. The Bertz CT molecular complexity index is 1560. The lowest BCUT2D eigenvalue weighted by molar-refractivity contribution is 0.146. The Morgan fingerprint density at radius 3 is 2.57 bits per heavy atom. The van der Waals surface area contributed by atoms with Gasteiger partial charge in [-0.05, 0) is 51.0 Å². The van der Waals surface area contributed by atoms with Gasteiger partial charge < -0.3 is 14.8 Å². The second-order valence-corrected chi connectivity index (χ2v) is 10.5. The van der Waals surface area contributed by atoms with E-state index in [0.717, 1.165) is 6.42 Å². The Kier molecular flexibility index (Phi) is 7.76. The molecule has 0 saturated heterocycles. The molecule has 0 bridgehead atoms. The molecule has 4 aromatic rings. The van der Waals surface area contributed by atoms with E-state index in [2.05, 4.69) is 19.8 Å². The Labute approximate surface area is 215 Å². The molecule has 11 heteroatoms. The van der Waals surface area contributed by atoms with Crippen molar-refractivity contribution < 1.29 is 18.3 Å². The van der Waals surface area contributed by atoms with E-state index in [4.69, 9.17) is 4.74 Å². The molecule has 3 N–H and O–H groups in total. The minimum absolute atomic E-state index is 0.0589. The molecule has 0 unspecified atom stereocenters. The van der Waals surface area contributed by atoms with Crippen LogP contribution in [-0.2, 0) is 16.4 Å². The highest BCUT2D eigenvalue weighted by Crippen LogP contribution is 2.31.